The number of fused-ring (bicyclic) bond motifs is 1. The van der Waals surface area contributed by atoms with Gasteiger partial charge in [-0.3, -0.25) is 14.5 Å². The van der Waals surface area contributed by atoms with Crippen LogP contribution < -0.4 is 14.8 Å². The molecule has 7 nitrogen and oxygen atoms in total. The molecule has 0 saturated carbocycles. The van der Waals surface area contributed by atoms with E-state index in [2.05, 4.69) is 5.32 Å². The lowest BCUT2D eigenvalue weighted by Gasteiger charge is -2.24. The summed E-state index contributed by atoms with van der Waals surface area (Å²) < 4.78 is 50.1. The van der Waals surface area contributed by atoms with E-state index < -0.39 is 42.5 Å². The fraction of sp³-hybridized carbons (Fsp3) is 0.529. The Kier molecular flexibility index (Phi) is 5.18. The third-order valence-corrected chi connectivity index (χ3v) is 4.82. The fourth-order valence-corrected chi connectivity index (χ4v) is 3.27. The van der Waals surface area contributed by atoms with E-state index in [0.717, 1.165) is 0 Å². The number of anilines is 1. The number of alkyl halides is 3. The molecule has 1 aromatic carbocycles. The molecular weight excluding hydrogens is 369 g/mol. The first-order valence-corrected chi connectivity index (χ1v) is 8.41. The molecule has 0 radical (unpaired) electrons. The van der Waals surface area contributed by atoms with E-state index in [4.69, 9.17) is 14.6 Å². The maximum atomic E-state index is 13.1. The molecule has 2 aliphatic heterocycles. The molecule has 0 aliphatic carbocycles. The van der Waals surface area contributed by atoms with E-state index in [9.17, 15) is 22.8 Å². The number of benzene rings is 1. The number of carbonyl (C=O) groups excluding carboxylic acids is 1. The van der Waals surface area contributed by atoms with Gasteiger partial charge in [0.05, 0.1) is 17.9 Å². The van der Waals surface area contributed by atoms with Crippen molar-refractivity contribution >= 4 is 17.6 Å². The summed E-state index contributed by atoms with van der Waals surface area (Å²) in [4.78, 5) is 24.9. The quantitative estimate of drug-likeness (QED) is 0.820. The number of rotatable bonds is 4. The fourth-order valence-electron chi connectivity index (χ4n) is 3.27. The van der Waals surface area contributed by atoms with Crippen LogP contribution in [0.2, 0.25) is 0 Å². The molecule has 148 valence electrons. The normalized spacial score (nSPS) is 23.7. The number of likely N-dealkylation sites (tertiary alicyclic amines) is 1. The Labute approximate surface area is 153 Å². The van der Waals surface area contributed by atoms with Gasteiger partial charge in [-0.25, -0.2) is 0 Å². The molecule has 2 heterocycles. The predicted molar refractivity (Wildman–Crippen MR) is 87.8 cm³/mol. The van der Waals surface area contributed by atoms with Crippen LogP contribution >= 0.6 is 0 Å². The van der Waals surface area contributed by atoms with Crippen LogP contribution in [0.25, 0.3) is 0 Å². The van der Waals surface area contributed by atoms with Gasteiger partial charge in [0.15, 0.2) is 11.5 Å². The summed E-state index contributed by atoms with van der Waals surface area (Å²) in [6.07, 6.45) is -4.64. The zero-order valence-corrected chi connectivity index (χ0v) is 14.5. The van der Waals surface area contributed by atoms with E-state index in [1.54, 1.807) is 18.2 Å². The van der Waals surface area contributed by atoms with Gasteiger partial charge in [-0.2, -0.15) is 13.2 Å². The molecule has 3 atom stereocenters. The third kappa shape index (κ3) is 4.10. The number of carboxylic acid groups (broad SMARTS) is 1. The van der Waals surface area contributed by atoms with Crippen LogP contribution in [0, 0.1) is 11.8 Å². The molecule has 0 bridgehead atoms. The number of nitrogens with zero attached hydrogens (tertiary/aromatic N) is 1. The first-order chi connectivity index (χ1) is 12.7. The minimum Gasteiger partial charge on any atom is -0.486 e. The molecule has 0 aromatic heterocycles. The molecule has 1 unspecified atom stereocenters. The Balaban J connectivity index is 1.68. The van der Waals surface area contributed by atoms with Gasteiger partial charge in [-0.15, -0.1) is 0 Å². The Bertz CT molecular complexity index is 740. The van der Waals surface area contributed by atoms with Crippen molar-refractivity contribution in [2.75, 3.05) is 31.6 Å². The van der Waals surface area contributed by atoms with Crippen LogP contribution in [0.3, 0.4) is 0 Å². The van der Waals surface area contributed by atoms with Crippen molar-refractivity contribution in [3.8, 4) is 11.5 Å². The largest absolute Gasteiger partial charge is 0.486 e. The van der Waals surface area contributed by atoms with Gasteiger partial charge in [-0.05, 0) is 19.1 Å². The van der Waals surface area contributed by atoms with E-state index in [-0.39, 0.29) is 6.54 Å². The first kappa shape index (κ1) is 19.3. The molecule has 27 heavy (non-hydrogen) atoms. The zero-order valence-electron chi connectivity index (χ0n) is 14.5. The Morgan fingerprint density at radius 3 is 2.48 bits per heavy atom. The van der Waals surface area contributed by atoms with Gasteiger partial charge < -0.3 is 19.9 Å². The summed E-state index contributed by atoms with van der Waals surface area (Å²) in [5.41, 5.74) is 0.414. The summed E-state index contributed by atoms with van der Waals surface area (Å²) >= 11 is 0. The van der Waals surface area contributed by atoms with Gasteiger partial charge in [-0.1, -0.05) is 0 Å². The molecule has 1 amide bonds. The summed E-state index contributed by atoms with van der Waals surface area (Å²) in [6, 6.07) is 3.88. The average Bonchev–Trinajstić information content (AvgIpc) is 3.07. The molecular formula is C17H19F3N2O5. The summed E-state index contributed by atoms with van der Waals surface area (Å²) in [5.74, 6) is -4.62. The second kappa shape index (κ2) is 7.26. The zero-order chi connectivity index (χ0) is 19.8. The molecule has 2 N–H and O–H groups in total. The first-order valence-electron chi connectivity index (χ1n) is 8.41. The lowest BCUT2D eigenvalue weighted by atomic mass is 9.96. The number of ether oxygens (including phenoxy) is 2. The van der Waals surface area contributed by atoms with Crippen molar-refractivity contribution in [3.63, 3.8) is 0 Å². The highest BCUT2D eigenvalue weighted by atomic mass is 19.4. The number of nitrogens with one attached hydrogen (secondary N) is 1. The molecule has 1 saturated heterocycles. The average molecular weight is 388 g/mol. The van der Waals surface area contributed by atoms with Crippen molar-refractivity contribution in [2.24, 2.45) is 11.8 Å². The van der Waals surface area contributed by atoms with E-state index in [1.807, 2.05) is 0 Å². The highest BCUT2D eigenvalue weighted by Crippen LogP contribution is 2.38. The number of aliphatic carboxylic acids is 1. The number of hydrogen-bond donors (Lipinski definition) is 2. The van der Waals surface area contributed by atoms with Gasteiger partial charge in [0.2, 0.25) is 5.91 Å². The van der Waals surface area contributed by atoms with Crippen molar-refractivity contribution < 1.29 is 37.3 Å². The minimum absolute atomic E-state index is 0.338. The van der Waals surface area contributed by atoms with Crippen LogP contribution in [0.1, 0.15) is 6.92 Å². The standard InChI is InChI=1S/C17H19F3N2O5/c1-9(22-7-11(16(24)25)12(8-22)17(18,19)20)15(23)21-10-2-3-13-14(6-10)27-5-4-26-13/h2-3,6,9,11-12H,4-5,7-8H2,1H3,(H,21,23)(H,24,25)/t9?,11-,12-/m1/s1. The number of amides is 1. The molecule has 2 aliphatic rings. The molecule has 1 fully saturated rings. The summed E-state index contributed by atoms with van der Waals surface area (Å²) in [6.45, 7) is 1.39. The van der Waals surface area contributed by atoms with E-state index >= 15 is 0 Å². The molecule has 1 aromatic rings. The SMILES string of the molecule is CC(C(=O)Nc1ccc2c(c1)OCCO2)N1C[C@@H](C(F)(F)F)[C@H](C(=O)O)C1. The van der Waals surface area contributed by atoms with Crippen LogP contribution in [0.15, 0.2) is 18.2 Å². The second-order valence-electron chi connectivity index (χ2n) is 6.57. The van der Waals surface area contributed by atoms with Gasteiger partial charge in [0, 0.05) is 24.8 Å². The predicted octanol–water partition coefficient (Wildman–Crippen LogP) is 1.98. The maximum Gasteiger partial charge on any atom is 0.393 e. The van der Waals surface area contributed by atoms with Crippen LogP contribution in [0.5, 0.6) is 11.5 Å². The molecule has 3 rings (SSSR count). The van der Waals surface area contributed by atoms with Crippen molar-refractivity contribution in [3.05, 3.63) is 18.2 Å². The van der Waals surface area contributed by atoms with Crippen LogP contribution in [-0.2, 0) is 9.59 Å². The topological polar surface area (TPSA) is 88.1 Å². The maximum absolute atomic E-state index is 13.1. The van der Waals surface area contributed by atoms with Crippen molar-refractivity contribution in [2.45, 2.75) is 19.1 Å². The highest BCUT2D eigenvalue weighted by Gasteiger charge is 2.53. The monoisotopic (exact) mass is 388 g/mol. The second-order valence-corrected chi connectivity index (χ2v) is 6.57. The van der Waals surface area contributed by atoms with Crippen molar-refractivity contribution in [1.82, 2.24) is 4.90 Å². The lowest BCUT2D eigenvalue weighted by Crippen LogP contribution is -2.41. The van der Waals surface area contributed by atoms with Gasteiger partial charge in [0.1, 0.15) is 13.2 Å². The minimum atomic E-state index is -4.64. The van der Waals surface area contributed by atoms with Gasteiger partial charge in [0.25, 0.3) is 0 Å². The smallest absolute Gasteiger partial charge is 0.393 e. The Morgan fingerprint density at radius 2 is 1.89 bits per heavy atom. The molecule has 10 heteroatoms. The summed E-state index contributed by atoms with van der Waals surface area (Å²) in [5, 5.41) is 11.7. The van der Waals surface area contributed by atoms with Crippen molar-refractivity contribution in [1.29, 1.82) is 0 Å². The lowest BCUT2D eigenvalue weighted by molar-refractivity contribution is -0.188. The number of hydrogen-bond acceptors (Lipinski definition) is 5. The molecule has 0 spiro atoms. The van der Waals surface area contributed by atoms with Crippen LogP contribution in [0.4, 0.5) is 18.9 Å². The Morgan fingerprint density at radius 1 is 1.22 bits per heavy atom. The summed E-state index contributed by atoms with van der Waals surface area (Å²) in [7, 11) is 0. The van der Waals surface area contributed by atoms with Gasteiger partial charge >= 0.3 is 12.1 Å². The third-order valence-electron chi connectivity index (χ3n) is 4.82. The number of halogens is 3. The number of carboxylic acids is 1. The van der Waals surface area contributed by atoms with E-state index in [1.165, 1.54) is 11.8 Å². The van der Waals surface area contributed by atoms with Crippen LogP contribution in [-0.4, -0.2) is 60.4 Å². The van der Waals surface area contributed by atoms with E-state index in [0.29, 0.717) is 30.4 Å². The highest BCUT2D eigenvalue weighted by molar-refractivity contribution is 5.95. The Hall–Kier alpha value is -2.49. The number of carbonyl (C=O) groups is 2.